The number of hydrogen-bond donors (Lipinski definition) is 2. The first-order valence-electron chi connectivity index (χ1n) is 6.48. The van der Waals surface area contributed by atoms with Crippen LogP contribution in [0.2, 0.25) is 0 Å². The van der Waals surface area contributed by atoms with Crippen LogP contribution in [0.25, 0.3) is 0 Å². The number of halogens is 2. The summed E-state index contributed by atoms with van der Waals surface area (Å²) in [4.78, 5) is 0. The lowest BCUT2D eigenvalue weighted by atomic mass is 10.0. The van der Waals surface area contributed by atoms with Gasteiger partial charge in [-0.25, -0.2) is 0 Å². The number of hydrogen-bond acceptors (Lipinski definition) is 2. The van der Waals surface area contributed by atoms with Crippen LogP contribution in [0.15, 0.2) is 57.5 Å². The van der Waals surface area contributed by atoms with Crippen LogP contribution in [0.4, 0.5) is 0 Å². The quantitative estimate of drug-likeness (QED) is 0.771. The third-order valence-electron chi connectivity index (χ3n) is 3.26. The maximum atomic E-state index is 9.61. The van der Waals surface area contributed by atoms with Gasteiger partial charge in [0.05, 0.1) is 12.6 Å². The van der Waals surface area contributed by atoms with E-state index in [2.05, 4.69) is 50.2 Å². The molecule has 20 heavy (non-hydrogen) atoms. The summed E-state index contributed by atoms with van der Waals surface area (Å²) in [5.41, 5.74) is 2.26. The fourth-order valence-corrected chi connectivity index (χ4v) is 3.57. The Kier molecular flexibility index (Phi) is 5.78. The van der Waals surface area contributed by atoms with Crippen molar-refractivity contribution in [1.29, 1.82) is 0 Å². The van der Waals surface area contributed by atoms with E-state index in [9.17, 15) is 5.11 Å². The highest BCUT2D eigenvalue weighted by molar-refractivity contribution is 9.11. The van der Waals surface area contributed by atoms with E-state index >= 15 is 0 Å². The van der Waals surface area contributed by atoms with E-state index in [1.165, 1.54) is 5.56 Å². The zero-order chi connectivity index (χ0) is 14.5. The lowest BCUT2D eigenvalue weighted by Gasteiger charge is -2.23. The van der Waals surface area contributed by atoms with E-state index in [0.717, 1.165) is 14.5 Å². The average Bonchev–Trinajstić information content (AvgIpc) is 2.45. The monoisotopic (exact) mass is 397 g/mol. The third-order valence-corrected chi connectivity index (χ3v) is 4.44. The maximum absolute atomic E-state index is 9.61. The van der Waals surface area contributed by atoms with Crippen LogP contribution in [0, 0.1) is 0 Å². The van der Waals surface area contributed by atoms with Crippen LogP contribution in [0.1, 0.15) is 30.1 Å². The lowest BCUT2D eigenvalue weighted by molar-refractivity contribution is 0.235. The molecule has 0 aliphatic rings. The molecule has 2 aromatic carbocycles. The highest BCUT2D eigenvalue weighted by Crippen LogP contribution is 2.28. The Labute approximate surface area is 136 Å². The van der Waals surface area contributed by atoms with Gasteiger partial charge in [0.2, 0.25) is 0 Å². The van der Waals surface area contributed by atoms with E-state index in [-0.39, 0.29) is 18.7 Å². The van der Waals surface area contributed by atoms with Crippen molar-refractivity contribution in [1.82, 2.24) is 5.32 Å². The first kappa shape index (κ1) is 15.7. The minimum Gasteiger partial charge on any atom is -0.394 e. The van der Waals surface area contributed by atoms with E-state index in [4.69, 9.17) is 0 Å². The molecule has 0 heterocycles. The molecule has 0 radical (unpaired) electrons. The molecule has 0 amide bonds. The third kappa shape index (κ3) is 3.92. The van der Waals surface area contributed by atoms with Crippen molar-refractivity contribution in [2.45, 2.75) is 19.0 Å². The van der Waals surface area contributed by atoms with Crippen LogP contribution in [-0.4, -0.2) is 11.7 Å². The van der Waals surface area contributed by atoms with Gasteiger partial charge >= 0.3 is 0 Å². The number of nitrogens with one attached hydrogen (secondary N) is 1. The first-order valence-corrected chi connectivity index (χ1v) is 8.07. The van der Waals surface area contributed by atoms with Gasteiger partial charge < -0.3 is 10.4 Å². The molecular formula is C16H17Br2NO. The molecule has 1 unspecified atom stereocenters. The molecule has 4 heteroatoms. The smallest absolute Gasteiger partial charge is 0.0626 e. The fourth-order valence-electron chi connectivity index (χ4n) is 2.18. The van der Waals surface area contributed by atoms with Crippen LogP contribution in [-0.2, 0) is 0 Å². The summed E-state index contributed by atoms with van der Waals surface area (Å²) in [6, 6.07) is 16.2. The largest absolute Gasteiger partial charge is 0.394 e. The van der Waals surface area contributed by atoms with Gasteiger partial charge in [-0.05, 0) is 30.2 Å². The van der Waals surface area contributed by atoms with Crippen LogP contribution >= 0.6 is 31.9 Å². The van der Waals surface area contributed by atoms with Crippen LogP contribution in [0.3, 0.4) is 0 Å². The minimum absolute atomic E-state index is 0.0678. The predicted molar refractivity (Wildman–Crippen MR) is 89.7 cm³/mol. The second-order valence-corrected chi connectivity index (χ2v) is 6.47. The van der Waals surface area contributed by atoms with Crippen LogP contribution < -0.4 is 5.32 Å². The van der Waals surface area contributed by atoms with Crippen molar-refractivity contribution < 1.29 is 5.11 Å². The molecule has 2 nitrogen and oxygen atoms in total. The molecule has 2 rings (SSSR count). The molecule has 0 bridgehead atoms. The van der Waals surface area contributed by atoms with Crippen molar-refractivity contribution in [2.75, 3.05) is 6.61 Å². The summed E-state index contributed by atoms with van der Waals surface area (Å²) < 4.78 is 2.10. The summed E-state index contributed by atoms with van der Waals surface area (Å²) in [6.45, 7) is 2.17. The van der Waals surface area contributed by atoms with Gasteiger partial charge in [0, 0.05) is 15.0 Å². The molecule has 2 aromatic rings. The van der Waals surface area contributed by atoms with Gasteiger partial charge in [-0.3, -0.25) is 0 Å². The SMILES string of the molecule is CC(N[C@H](CO)c1ccccc1)c1ccc(Br)cc1Br. The molecule has 0 aliphatic carbocycles. The van der Waals surface area contributed by atoms with Crippen molar-refractivity contribution >= 4 is 31.9 Å². The highest BCUT2D eigenvalue weighted by atomic mass is 79.9. The average molecular weight is 399 g/mol. The molecule has 0 aliphatic heterocycles. The van der Waals surface area contributed by atoms with Crippen molar-refractivity contribution in [3.05, 3.63) is 68.6 Å². The Morgan fingerprint density at radius 2 is 1.80 bits per heavy atom. The van der Waals surface area contributed by atoms with E-state index in [1.54, 1.807) is 0 Å². The van der Waals surface area contributed by atoms with E-state index in [0.29, 0.717) is 0 Å². The van der Waals surface area contributed by atoms with E-state index < -0.39 is 0 Å². The molecule has 2 N–H and O–H groups in total. The zero-order valence-electron chi connectivity index (χ0n) is 11.2. The van der Waals surface area contributed by atoms with Crippen LogP contribution in [0.5, 0.6) is 0 Å². The van der Waals surface area contributed by atoms with Gasteiger partial charge in [0.25, 0.3) is 0 Å². The second kappa shape index (κ2) is 7.36. The molecule has 0 spiro atoms. The van der Waals surface area contributed by atoms with E-state index in [1.807, 2.05) is 42.5 Å². The Morgan fingerprint density at radius 1 is 1.10 bits per heavy atom. The molecule has 0 saturated heterocycles. The number of benzene rings is 2. The Balaban J connectivity index is 2.15. The predicted octanol–water partition coefficient (Wildman–Crippen LogP) is 4.60. The molecule has 2 atom stereocenters. The number of aliphatic hydroxyl groups is 1. The van der Waals surface area contributed by atoms with Gasteiger partial charge in [-0.15, -0.1) is 0 Å². The lowest BCUT2D eigenvalue weighted by Crippen LogP contribution is -2.27. The second-order valence-electron chi connectivity index (χ2n) is 4.70. The Hall–Kier alpha value is -0.680. The molecule has 0 aromatic heterocycles. The standard InChI is InChI=1S/C16H17Br2NO/c1-11(14-8-7-13(17)9-15(14)18)19-16(10-20)12-5-3-2-4-6-12/h2-9,11,16,19-20H,10H2,1H3/t11?,16-/m1/s1. The summed E-state index contributed by atoms with van der Waals surface area (Å²) in [7, 11) is 0. The molecule has 106 valence electrons. The number of rotatable bonds is 5. The zero-order valence-corrected chi connectivity index (χ0v) is 14.4. The van der Waals surface area contributed by atoms with Crippen molar-refractivity contribution in [3.8, 4) is 0 Å². The van der Waals surface area contributed by atoms with Gasteiger partial charge in [0.15, 0.2) is 0 Å². The number of aliphatic hydroxyl groups excluding tert-OH is 1. The van der Waals surface area contributed by atoms with Gasteiger partial charge in [0.1, 0.15) is 0 Å². The highest BCUT2D eigenvalue weighted by Gasteiger charge is 2.16. The maximum Gasteiger partial charge on any atom is 0.0626 e. The summed E-state index contributed by atoms with van der Waals surface area (Å²) in [5.74, 6) is 0. The normalized spacial score (nSPS) is 14.0. The fraction of sp³-hybridized carbons (Fsp3) is 0.250. The molecule has 0 saturated carbocycles. The van der Waals surface area contributed by atoms with Gasteiger partial charge in [-0.2, -0.15) is 0 Å². The molecule has 0 fully saturated rings. The van der Waals surface area contributed by atoms with Crippen molar-refractivity contribution in [3.63, 3.8) is 0 Å². The molecular weight excluding hydrogens is 382 g/mol. The topological polar surface area (TPSA) is 32.3 Å². The summed E-state index contributed by atoms with van der Waals surface area (Å²) in [5, 5.41) is 13.1. The Bertz CT molecular complexity index is 560. The summed E-state index contributed by atoms with van der Waals surface area (Å²) in [6.07, 6.45) is 0. The van der Waals surface area contributed by atoms with Gasteiger partial charge in [-0.1, -0.05) is 68.3 Å². The van der Waals surface area contributed by atoms with Crippen molar-refractivity contribution in [2.24, 2.45) is 0 Å². The Morgan fingerprint density at radius 3 is 2.40 bits per heavy atom. The minimum atomic E-state index is -0.0678. The summed E-state index contributed by atoms with van der Waals surface area (Å²) >= 11 is 7.04. The first-order chi connectivity index (χ1) is 9.61.